The number of para-hydroxylation sites is 2. The van der Waals surface area contributed by atoms with Crippen LogP contribution in [0.4, 0.5) is 17.1 Å². The van der Waals surface area contributed by atoms with Crippen molar-refractivity contribution in [3.63, 3.8) is 0 Å². The number of hydrogen-bond acceptors (Lipinski definition) is 4. The Kier molecular flexibility index (Phi) is 6.56. The maximum absolute atomic E-state index is 6.65. The molecular weight excluding hydrogens is 661 g/mol. The normalized spacial score (nSPS) is 13.1. The van der Waals surface area contributed by atoms with Crippen molar-refractivity contribution in [3.8, 4) is 33.7 Å². The van der Waals surface area contributed by atoms with E-state index in [2.05, 4.69) is 152 Å². The van der Waals surface area contributed by atoms with E-state index in [9.17, 15) is 0 Å². The second-order valence-corrected chi connectivity index (χ2v) is 14.8. The number of furan rings is 1. The van der Waals surface area contributed by atoms with E-state index in [1.54, 1.807) is 0 Å². The van der Waals surface area contributed by atoms with Gasteiger partial charge in [0.1, 0.15) is 16.7 Å². The first-order valence-electron chi connectivity index (χ1n) is 18.5. The van der Waals surface area contributed by atoms with Crippen molar-refractivity contribution in [2.24, 2.45) is 0 Å². The number of oxazole rings is 1. The fourth-order valence-corrected chi connectivity index (χ4v) is 8.68. The van der Waals surface area contributed by atoms with Crippen LogP contribution in [0.1, 0.15) is 25.0 Å². The summed E-state index contributed by atoms with van der Waals surface area (Å²) in [6, 6.07) is 60.3. The molecule has 4 heteroatoms. The Morgan fingerprint density at radius 2 is 1.15 bits per heavy atom. The maximum Gasteiger partial charge on any atom is 0.228 e. The molecule has 1 aliphatic carbocycles. The molecule has 0 atom stereocenters. The Balaban J connectivity index is 1.12. The molecule has 54 heavy (non-hydrogen) atoms. The minimum atomic E-state index is -0.0809. The van der Waals surface area contributed by atoms with E-state index >= 15 is 0 Å². The highest BCUT2D eigenvalue weighted by Crippen LogP contribution is 2.51. The molecule has 2 aromatic heterocycles. The summed E-state index contributed by atoms with van der Waals surface area (Å²) in [6.45, 7) is 4.66. The van der Waals surface area contributed by atoms with Crippen molar-refractivity contribution < 1.29 is 8.83 Å². The van der Waals surface area contributed by atoms with Crippen LogP contribution < -0.4 is 4.90 Å². The summed E-state index contributed by atoms with van der Waals surface area (Å²) in [7, 11) is 0. The van der Waals surface area contributed by atoms with Crippen LogP contribution >= 0.6 is 0 Å². The van der Waals surface area contributed by atoms with Crippen molar-refractivity contribution in [2.45, 2.75) is 19.3 Å². The first-order chi connectivity index (χ1) is 26.5. The SMILES string of the molecule is CC1(C)c2ccccc2-c2cc(N(c3ccc4c(c3)oc3cccc(-c5nc6ccccc6o5)c34)c3ccc4cccc(-c5ccccc5)c4c3)ccc21. The Labute approximate surface area is 312 Å². The third-order valence-electron chi connectivity index (χ3n) is 11.3. The lowest BCUT2D eigenvalue weighted by Crippen LogP contribution is -2.15. The summed E-state index contributed by atoms with van der Waals surface area (Å²) in [6.07, 6.45) is 0. The Bertz CT molecular complexity index is 3060. The molecule has 0 saturated heterocycles. The first kappa shape index (κ1) is 30.7. The number of anilines is 3. The van der Waals surface area contributed by atoms with Gasteiger partial charge in [-0.1, -0.05) is 117 Å². The molecule has 0 fully saturated rings. The van der Waals surface area contributed by atoms with E-state index in [-0.39, 0.29) is 5.41 Å². The van der Waals surface area contributed by atoms with Crippen LogP contribution in [-0.2, 0) is 5.41 Å². The molecule has 8 aromatic carbocycles. The van der Waals surface area contributed by atoms with Crippen molar-refractivity contribution in [1.29, 1.82) is 0 Å². The highest BCUT2D eigenvalue weighted by atomic mass is 16.3. The van der Waals surface area contributed by atoms with Crippen LogP contribution in [0.3, 0.4) is 0 Å². The van der Waals surface area contributed by atoms with Crippen molar-refractivity contribution in [3.05, 3.63) is 181 Å². The highest BCUT2D eigenvalue weighted by molar-refractivity contribution is 6.13. The molecule has 10 aromatic rings. The Morgan fingerprint density at radius 1 is 0.463 bits per heavy atom. The minimum absolute atomic E-state index is 0.0809. The van der Waals surface area contributed by atoms with Gasteiger partial charge in [-0.25, -0.2) is 4.98 Å². The van der Waals surface area contributed by atoms with E-state index < -0.39 is 0 Å². The molecule has 256 valence electrons. The predicted molar refractivity (Wildman–Crippen MR) is 222 cm³/mol. The molecule has 11 rings (SSSR count). The summed E-state index contributed by atoms with van der Waals surface area (Å²) in [5, 5.41) is 4.41. The van der Waals surface area contributed by atoms with Gasteiger partial charge >= 0.3 is 0 Å². The van der Waals surface area contributed by atoms with Crippen LogP contribution in [0.25, 0.3) is 77.5 Å². The molecule has 0 bridgehead atoms. The highest BCUT2D eigenvalue weighted by Gasteiger charge is 2.35. The minimum Gasteiger partial charge on any atom is -0.456 e. The fraction of sp³-hybridized carbons (Fsp3) is 0.0600. The number of benzene rings is 8. The monoisotopic (exact) mass is 694 g/mol. The number of rotatable bonds is 5. The average Bonchev–Trinajstić information content (AvgIpc) is 3.88. The van der Waals surface area contributed by atoms with E-state index in [1.807, 2.05) is 36.4 Å². The Morgan fingerprint density at radius 3 is 2.06 bits per heavy atom. The molecule has 0 amide bonds. The molecule has 0 unspecified atom stereocenters. The lowest BCUT2D eigenvalue weighted by Gasteiger charge is -2.27. The second-order valence-electron chi connectivity index (χ2n) is 14.8. The summed E-state index contributed by atoms with van der Waals surface area (Å²) >= 11 is 0. The van der Waals surface area contributed by atoms with Crippen LogP contribution in [0.2, 0.25) is 0 Å². The van der Waals surface area contributed by atoms with Gasteiger partial charge in [-0.3, -0.25) is 0 Å². The first-order valence-corrected chi connectivity index (χ1v) is 18.5. The largest absolute Gasteiger partial charge is 0.456 e. The van der Waals surface area contributed by atoms with Crippen LogP contribution in [0.15, 0.2) is 179 Å². The van der Waals surface area contributed by atoms with Gasteiger partial charge in [0.15, 0.2) is 5.58 Å². The van der Waals surface area contributed by atoms with Gasteiger partial charge in [0.2, 0.25) is 5.89 Å². The van der Waals surface area contributed by atoms with Crippen molar-refractivity contribution in [1.82, 2.24) is 4.98 Å². The molecule has 0 radical (unpaired) electrons. The summed E-state index contributed by atoms with van der Waals surface area (Å²) in [5.74, 6) is 0.585. The van der Waals surface area contributed by atoms with Crippen LogP contribution in [0, 0.1) is 0 Å². The third kappa shape index (κ3) is 4.60. The summed E-state index contributed by atoms with van der Waals surface area (Å²) in [4.78, 5) is 7.20. The second kappa shape index (κ2) is 11.5. The molecule has 0 spiro atoms. The van der Waals surface area contributed by atoms with E-state index in [4.69, 9.17) is 13.8 Å². The number of nitrogens with zero attached hydrogens (tertiary/aromatic N) is 2. The molecule has 4 nitrogen and oxygen atoms in total. The number of aromatic nitrogens is 1. The molecule has 0 aliphatic heterocycles. The van der Waals surface area contributed by atoms with Gasteiger partial charge in [0.25, 0.3) is 0 Å². The molecule has 0 saturated carbocycles. The molecule has 1 aliphatic rings. The van der Waals surface area contributed by atoms with Crippen LogP contribution in [0.5, 0.6) is 0 Å². The zero-order valence-corrected chi connectivity index (χ0v) is 29.9. The smallest absolute Gasteiger partial charge is 0.228 e. The summed E-state index contributed by atoms with van der Waals surface area (Å²) < 4.78 is 12.9. The van der Waals surface area contributed by atoms with Gasteiger partial charge in [0.05, 0.1) is 0 Å². The topological polar surface area (TPSA) is 42.4 Å². The standard InChI is InChI=1S/C50H34N2O2/c1-50(2)42-18-7-6-15-37(42)41-29-34(25-27-43(41)50)52(33-23-22-32-14-10-16-36(40(32)28-33)31-12-4-3-5-13-31)35-24-26-38-47(30-35)53-46-21-11-17-39(48(38)46)49-51-44-19-8-9-20-45(44)54-49/h3-30H,1-2H3. The average molecular weight is 695 g/mol. The molecule has 0 N–H and O–H groups in total. The van der Waals surface area contributed by atoms with Gasteiger partial charge in [0, 0.05) is 44.9 Å². The summed E-state index contributed by atoms with van der Waals surface area (Å²) in [5.41, 5.74) is 14.9. The third-order valence-corrected chi connectivity index (χ3v) is 11.3. The van der Waals surface area contributed by atoms with Gasteiger partial charge < -0.3 is 13.7 Å². The fourth-order valence-electron chi connectivity index (χ4n) is 8.68. The van der Waals surface area contributed by atoms with Gasteiger partial charge in [-0.15, -0.1) is 0 Å². The van der Waals surface area contributed by atoms with E-state index in [0.717, 1.165) is 55.7 Å². The number of hydrogen-bond donors (Lipinski definition) is 0. The molecule has 2 heterocycles. The lowest BCUT2D eigenvalue weighted by atomic mass is 9.82. The zero-order valence-electron chi connectivity index (χ0n) is 29.9. The van der Waals surface area contributed by atoms with Gasteiger partial charge in [-0.2, -0.15) is 0 Å². The van der Waals surface area contributed by atoms with E-state index in [1.165, 1.54) is 44.2 Å². The molecular formula is C50H34N2O2. The maximum atomic E-state index is 6.65. The van der Waals surface area contributed by atoms with Gasteiger partial charge in [-0.05, 0) is 105 Å². The van der Waals surface area contributed by atoms with Crippen LogP contribution in [-0.4, -0.2) is 4.98 Å². The van der Waals surface area contributed by atoms with E-state index in [0.29, 0.717) is 5.89 Å². The Hall–Kier alpha value is -6.91. The van der Waals surface area contributed by atoms with Crippen molar-refractivity contribution in [2.75, 3.05) is 4.90 Å². The predicted octanol–water partition coefficient (Wildman–Crippen LogP) is 14.0. The quantitative estimate of drug-likeness (QED) is 0.180. The lowest BCUT2D eigenvalue weighted by molar-refractivity contribution is 0.620. The zero-order chi connectivity index (χ0) is 36.0. The van der Waals surface area contributed by atoms with Crippen molar-refractivity contribution >= 4 is 60.9 Å². The number of fused-ring (bicyclic) bond motifs is 8.